The molecule has 17 heavy (non-hydrogen) atoms. The van der Waals surface area contributed by atoms with Gasteiger partial charge in [0.25, 0.3) is 0 Å². The minimum Gasteiger partial charge on any atom is -0.412 e. The molecule has 0 spiro atoms. The van der Waals surface area contributed by atoms with Gasteiger partial charge in [0.05, 0.1) is 0 Å². The second-order valence-corrected chi connectivity index (χ2v) is 13.3. The molecule has 1 radical (unpaired) electrons. The van der Waals surface area contributed by atoms with Gasteiger partial charge in [-0.05, 0) is 0 Å². The van der Waals surface area contributed by atoms with Crippen LogP contribution in [0, 0.1) is 0 Å². The van der Waals surface area contributed by atoms with Gasteiger partial charge in [-0.3, -0.25) is 0 Å². The number of hydrogen-bond acceptors (Lipinski definition) is 0. The molecule has 1 nitrogen and oxygen atoms in total. The maximum atomic E-state index is 2.37. The van der Waals surface area contributed by atoms with Crippen LogP contribution in [0.3, 0.4) is 0 Å². The summed E-state index contributed by atoms with van der Waals surface area (Å²) in [5.41, 5.74) is 0. The molecule has 89 valence electrons. The summed E-state index contributed by atoms with van der Waals surface area (Å²) >= 11 is -1.66. The smallest absolute Gasteiger partial charge is 0.412 e. The number of rotatable bonds is 3. The molecule has 0 fully saturated rings. The second kappa shape index (κ2) is 6.82. The molecule has 2 rings (SSSR count). The Bertz CT molecular complexity index is 386. The average molecular weight is 334 g/mol. The summed E-state index contributed by atoms with van der Waals surface area (Å²) in [5.74, 6) is 0. The zero-order valence-corrected chi connectivity index (χ0v) is 13.2. The number of hydrogen-bond donors (Lipinski definition) is 0. The fourth-order valence-electron chi connectivity index (χ4n) is 2.07. The monoisotopic (exact) mass is 335 g/mol. The van der Waals surface area contributed by atoms with E-state index in [1.54, 1.807) is 7.16 Å². The zero-order valence-electron chi connectivity index (χ0n) is 10.4. The van der Waals surface area contributed by atoms with Gasteiger partial charge in [0.15, 0.2) is 0 Å². The van der Waals surface area contributed by atoms with Crippen LogP contribution in [0.4, 0.5) is 0 Å². The maximum absolute atomic E-state index is 2.37. The third-order valence-electron chi connectivity index (χ3n) is 2.75. The molecule has 0 aromatic heterocycles. The van der Waals surface area contributed by atoms with Crippen LogP contribution in [0.1, 0.15) is 13.8 Å². The average Bonchev–Trinajstić information content (AvgIpc) is 2.31. The van der Waals surface area contributed by atoms with Gasteiger partial charge in [-0.15, -0.1) is 0 Å². The van der Waals surface area contributed by atoms with E-state index in [0.29, 0.717) is 0 Å². The van der Waals surface area contributed by atoms with Crippen molar-refractivity contribution in [3.63, 3.8) is 0 Å². The minimum atomic E-state index is -1.66. The van der Waals surface area contributed by atoms with Crippen LogP contribution in [0.25, 0.3) is 0 Å². The Morgan fingerprint density at radius 2 is 1.06 bits per heavy atom. The van der Waals surface area contributed by atoms with Crippen molar-refractivity contribution < 1.29 is 5.48 Å². The maximum Gasteiger partial charge on any atom is -0.412 e. The standard InChI is InChI=1S/2C6H5.C3H7.H2O.Sn/c2*1-2-4-6-5-3-1;1-3-2;;/h2*1-5H;3H,1-2H3;1H2;. The van der Waals surface area contributed by atoms with Crippen LogP contribution >= 0.6 is 0 Å². The predicted molar refractivity (Wildman–Crippen MR) is 76.6 cm³/mol. The summed E-state index contributed by atoms with van der Waals surface area (Å²) in [6, 6.07) is 22.1. The molecular formula is C15H19OSn. The summed E-state index contributed by atoms with van der Waals surface area (Å²) in [6.45, 7) is 4.74. The van der Waals surface area contributed by atoms with E-state index >= 15 is 0 Å². The summed E-state index contributed by atoms with van der Waals surface area (Å²) in [4.78, 5) is 0. The van der Waals surface area contributed by atoms with Crippen molar-refractivity contribution >= 4 is 26.9 Å². The second-order valence-electron chi connectivity index (χ2n) is 4.30. The van der Waals surface area contributed by atoms with Crippen LogP contribution in [-0.2, 0) is 0 Å². The van der Waals surface area contributed by atoms with E-state index in [0.717, 1.165) is 3.93 Å². The number of benzene rings is 2. The van der Waals surface area contributed by atoms with Crippen molar-refractivity contribution in [2.45, 2.75) is 17.8 Å². The zero-order chi connectivity index (χ0) is 11.4. The minimum absolute atomic E-state index is 0. The summed E-state index contributed by atoms with van der Waals surface area (Å²) in [7, 11) is 0. The molecule has 2 aromatic carbocycles. The largest absolute Gasteiger partial charge is 0.412 e. The van der Waals surface area contributed by atoms with Gasteiger partial charge < -0.3 is 5.48 Å². The molecule has 0 saturated carbocycles. The molecule has 0 saturated heterocycles. The first-order chi connectivity index (χ1) is 7.79. The SMILES string of the molecule is C[CH](C)[Sn]([c]1ccccc1)[c]1ccccc1.O. The molecular weight excluding hydrogens is 315 g/mol. The summed E-state index contributed by atoms with van der Waals surface area (Å²) in [6.07, 6.45) is 0. The van der Waals surface area contributed by atoms with Gasteiger partial charge in [0, 0.05) is 0 Å². The van der Waals surface area contributed by atoms with E-state index in [9.17, 15) is 0 Å². The Morgan fingerprint density at radius 3 is 1.35 bits per heavy atom. The Hall–Kier alpha value is -0.801. The molecule has 0 atom stereocenters. The first-order valence-electron chi connectivity index (χ1n) is 5.76. The Labute approximate surface area is 111 Å². The first kappa shape index (κ1) is 14.3. The molecule has 2 N–H and O–H groups in total. The molecule has 0 aliphatic heterocycles. The molecule has 2 aromatic rings. The van der Waals surface area contributed by atoms with Crippen LogP contribution in [-0.4, -0.2) is 25.2 Å². The van der Waals surface area contributed by atoms with E-state index in [1.807, 2.05) is 0 Å². The Kier molecular flexibility index (Phi) is 5.72. The van der Waals surface area contributed by atoms with E-state index in [2.05, 4.69) is 74.5 Å². The van der Waals surface area contributed by atoms with Gasteiger partial charge in [0.2, 0.25) is 0 Å². The molecule has 0 aliphatic rings. The topological polar surface area (TPSA) is 31.5 Å². The van der Waals surface area contributed by atoms with E-state index in [1.165, 1.54) is 0 Å². The van der Waals surface area contributed by atoms with E-state index in [4.69, 9.17) is 0 Å². The Balaban J connectivity index is 0.00000144. The van der Waals surface area contributed by atoms with Crippen LogP contribution in [0.2, 0.25) is 3.93 Å². The van der Waals surface area contributed by atoms with Crippen molar-refractivity contribution in [1.82, 2.24) is 0 Å². The molecule has 0 amide bonds. The predicted octanol–water partition coefficient (Wildman–Crippen LogP) is 1.88. The summed E-state index contributed by atoms with van der Waals surface area (Å²) < 4.78 is 4.02. The molecule has 2 heteroatoms. The van der Waals surface area contributed by atoms with Crippen LogP contribution in [0.5, 0.6) is 0 Å². The van der Waals surface area contributed by atoms with Crippen molar-refractivity contribution in [1.29, 1.82) is 0 Å². The molecule has 0 heterocycles. The van der Waals surface area contributed by atoms with Gasteiger partial charge in [-0.1, -0.05) is 0 Å². The molecule has 0 bridgehead atoms. The van der Waals surface area contributed by atoms with Gasteiger partial charge in [-0.25, -0.2) is 0 Å². The third kappa shape index (κ3) is 3.58. The van der Waals surface area contributed by atoms with Crippen molar-refractivity contribution in [2.24, 2.45) is 0 Å². The first-order valence-corrected chi connectivity index (χ1v) is 10.3. The van der Waals surface area contributed by atoms with Crippen molar-refractivity contribution in [2.75, 3.05) is 0 Å². The summed E-state index contributed by atoms with van der Waals surface area (Å²) in [5, 5.41) is 0. The normalized spacial score (nSPS) is 10.4. The van der Waals surface area contributed by atoms with E-state index < -0.39 is 19.8 Å². The van der Waals surface area contributed by atoms with Gasteiger partial charge in [0.1, 0.15) is 0 Å². The van der Waals surface area contributed by atoms with Crippen LogP contribution < -0.4 is 7.16 Å². The quantitative estimate of drug-likeness (QED) is 0.768. The Morgan fingerprint density at radius 1 is 0.706 bits per heavy atom. The molecule has 0 aliphatic carbocycles. The van der Waals surface area contributed by atoms with Crippen LogP contribution in [0.15, 0.2) is 60.7 Å². The fourth-order valence-corrected chi connectivity index (χ4v) is 9.97. The van der Waals surface area contributed by atoms with Crippen molar-refractivity contribution in [3.8, 4) is 0 Å². The van der Waals surface area contributed by atoms with E-state index in [-0.39, 0.29) is 5.48 Å². The molecule has 0 unspecified atom stereocenters. The van der Waals surface area contributed by atoms with Gasteiger partial charge in [-0.2, -0.15) is 0 Å². The van der Waals surface area contributed by atoms with Gasteiger partial charge >= 0.3 is 105 Å². The third-order valence-corrected chi connectivity index (χ3v) is 11.5. The van der Waals surface area contributed by atoms with Crippen molar-refractivity contribution in [3.05, 3.63) is 60.7 Å². The fraction of sp³-hybridized carbons (Fsp3) is 0.200.